The highest BCUT2D eigenvalue weighted by molar-refractivity contribution is 14.0. The van der Waals surface area contributed by atoms with Gasteiger partial charge in [-0.1, -0.05) is 36.7 Å². The Labute approximate surface area is 162 Å². The first-order valence-corrected chi connectivity index (χ1v) is 8.47. The monoisotopic (exact) mass is 450 g/mol. The standard InChI is InChI=1S/C17H27ClN4.HI/c1-14-6-5-10-22(13-14)11-9-20-17(19-2)21-12-15-7-3-4-8-16(15)18;/h3-4,7-8,14H,5-6,9-13H2,1-2H3,(H2,19,20,21);1H. The maximum absolute atomic E-state index is 6.16. The van der Waals surface area contributed by atoms with E-state index in [0.29, 0.717) is 6.54 Å². The van der Waals surface area contributed by atoms with Crippen LogP contribution >= 0.6 is 35.6 Å². The van der Waals surface area contributed by atoms with Gasteiger partial charge in [0.25, 0.3) is 0 Å². The van der Waals surface area contributed by atoms with Crippen LogP contribution in [0.25, 0.3) is 0 Å². The molecule has 1 atom stereocenters. The summed E-state index contributed by atoms with van der Waals surface area (Å²) in [6, 6.07) is 7.87. The van der Waals surface area contributed by atoms with Gasteiger partial charge in [0.2, 0.25) is 0 Å². The highest BCUT2D eigenvalue weighted by atomic mass is 127. The number of benzene rings is 1. The van der Waals surface area contributed by atoms with E-state index < -0.39 is 0 Å². The van der Waals surface area contributed by atoms with Gasteiger partial charge in [-0.15, -0.1) is 24.0 Å². The molecule has 1 aromatic carbocycles. The molecule has 0 radical (unpaired) electrons. The molecule has 2 N–H and O–H groups in total. The Morgan fingerprint density at radius 2 is 2.13 bits per heavy atom. The number of nitrogens with zero attached hydrogens (tertiary/aromatic N) is 2. The Balaban J connectivity index is 0.00000264. The van der Waals surface area contributed by atoms with Crippen LogP contribution in [-0.2, 0) is 6.54 Å². The Morgan fingerprint density at radius 1 is 1.35 bits per heavy atom. The van der Waals surface area contributed by atoms with Crippen molar-refractivity contribution in [3.8, 4) is 0 Å². The van der Waals surface area contributed by atoms with Gasteiger partial charge in [0, 0.05) is 38.2 Å². The predicted octanol–water partition coefficient (Wildman–Crippen LogP) is 3.35. The minimum atomic E-state index is 0. The fourth-order valence-electron chi connectivity index (χ4n) is 2.86. The third-order valence-corrected chi connectivity index (χ3v) is 4.46. The first-order valence-electron chi connectivity index (χ1n) is 8.09. The Bertz CT molecular complexity index is 495. The second kappa shape index (κ2) is 11.1. The molecule has 1 heterocycles. The number of guanidine groups is 1. The normalized spacial score (nSPS) is 19.1. The summed E-state index contributed by atoms with van der Waals surface area (Å²) in [6.45, 7) is 7.43. The lowest BCUT2D eigenvalue weighted by atomic mass is 10.0. The minimum absolute atomic E-state index is 0. The summed E-state index contributed by atoms with van der Waals surface area (Å²) in [5, 5.41) is 7.47. The smallest absolute Gasteiger partial charge is 0.191 e. The van der Waals surface area contributed by atoms with Gasteiger partial charge >= 0.3 is 0 Å². The van der Waals surface area contributed by atoms with E-state index in [4.69, 9.17) is 11.6 Å². The first kappa shape index (κ1) is 20.5. The van der Waals surface area contributed by atoms with Crippen LogP contribution in [0.15, 0.2) is 29.3 Å². The summed E-state index contributed by atoms with van der Waals surface area (Å²) in [5.41, 5.74) is 1.08. The van der Waals surface area contributed by atoms with Crippen molar-refractivity contribution in [2.75, 3.05) is 33.2 Å². The molecule has 23 heavy (non-hydrogen) atoms. The summed E-state index contributed by atoms with van der Waals surface area (Å²) in [5.74, 6) is 1.65. The number of hydrogen-bond acceptors (Lipinski definition) is 2. The number of likely N-dealkylation sites (tertiary alicyclic amines) is 1. The molecular weight excluding hydrogens is 423 g/mol. The zero-order chi connectivity index (χ0) is 15.8. The molecule has 1 aliphatic heterocycles. The number of rotatable bonds is 5. The average molecular weight is 451 g/mol. The van der Waals surface area contributed by atoms with Crippen molar-refractivity contribution >= 4 is 41.5 Å². The SMILES string of the molecule is CN=C(NCCN1CCCC(C)C1)NCc1ccccc1Cl.I. The lowest BCUT2D eigenvalue weighted by Gasteiger charge is -2.30. The van der Waals surface area contributed by atoms with Gasteiger partial charge in [-0.3, -0.25) is 4.99 Å². The third kappa shape index (κ3) is 7.27. The van der Waals surface area contributed by atoms with Crippen molar-refractivity contribution in [2.24, 2.45) is 10.9 Å². The molecule has 130 valence electrons. The van der Waals surface area contributed by atoms with E-state index in [9.17, 15) is 0 Å². The van der Waals surface area contributed by atoms with Crippen LogP contribution in [0.1, 0.15) is 25.3 Å². The molecule has 0 amide bonds. The highest BCUT2D eigenvalue weighted by Gasteiger charge is 2.15. The fraction of sp³-hybridized carbons (Fsp3) is 0.588. The number of halogens is 2. The Kier molecular flexibility index (Phi) is 9.90. The average Bonchev–Trinajstić information content (AvgIpc) is 2.52. The lowest BCUT2D eigenvalue weighted by Crippen LogP contribution is -2.43. The maximum Gasteiger partial charge on any atom is 0.191 e. The van der Waals surface area contributed by atoms with Crippen molar-refractivity contribution in [1.29, 1.82) is 0 Å². The van der Waals surface area contributed by atoms with Gasteiger partial charge in [0.05, 0.1) is 0 Å². The molecule has 1 unspecified atom stereocenters. The maximum atomic E-state index is 6.16. The Hall–Kier alpha value is -0.530. The number of nitrogens with one attached hydrogen (secondary N) is 2. The summed E-state index contributed by atoms with van der Waals surface area (Å²) in [6.07, 6.45) is 2.69. The fourth-order valence-corrected chi connectivity index (χ4v) is 3.07. The molecule has 1 fully saturated rings. The van der Waals surface area contributed by atoms with Gasteiger partial charge < -0.3 is 15.5 Å². The molecule has 0 saturated carbocycles. The molecule has 0 aliphatic carbocycles. The molecule has 6 heteroatoms. The molecule has 0 bridgehead atoms. The molecular formula is C17H28ClIN4. The predicted molar refractivity (Wildman–Crippen MR) is 110 cm³/mol. The van der Waals surface area contributed by atoms with Crippen molar-refractivity contribution in [3.05, 3.63) is 34.9 Å². The summed E-state index contributed by atoms with van der Waals surface area (Å²) >= 11 is 6.16. The van der Waals surface area contributed by atoms with Crippen molar-refractivity contribution in [1.82, 2.24) is 15.5 Å². The van der Waals surface area contributed by atoms with Crippen LogP contribution < -0.4 is 10.6 Å². The number of hydrogen-bond donors (Lipinski definition) is 2. The highest BCUT2D eigenvalue weighted by Crippen LogP contribution is 2.15. The summed E-state index contributed by atoms with van der Waals surface area (Å²) in [7, 11) is 1.80. The van der Waals surface area contributed by atoms with E-state index in [-0.39, 0.29) is 24.0 Å². The molecule has 0 spiro atoms. The van der Waals surface area contributed by atoms with Gasteiger partial charge in [0.15, 0.2) is 5.96 Å². The van der Waals surface area contributed by atoms with Gasteiger partial charge in [-0.25, -0.2) is 0 Å². The summed E-state index contributed by atoms with van der Waals surface area (Å²) in [4.78, 5) is 6.79. The first-order chi connectivity index (χ1) is 10.7. The third-order valence-electron chi connectivity index (χ3n) is 4.09. The van der Waals surface area contributed by atoms with E-state index in [1.54, 1.807) is 7.05 Å². The molecule has 4 nitrogen and oxygen atoms in total. The van der Waals surface area contributed by atoms with Crippen LogP contribution in [0.2, 0.25) is 5.02 Å². The van der Waals surface area contributed by atoms with Crippen molar-refractivity contribution in [2.45, 2.75) is 26.3 Å². The van der Waals surface area contributed by atoms with Crippen LogP contribution in [0, 0.1) is 5.92 Å². The number of piperidine rings is 1. The van der Waals surface area contributed by atoms with Gasteiger partial charge in [-0.2, -0.15) is 0 Å². The van der Waals surface area contributed by atoms with Crippen LogP contribution in [-0.4, -0.2) is 44.1 Å². The Morgan fingerprint density at radius 3 is 2.83 bits per heavy atom. The summed E-state index contributed by atoms with van der Waals surface area (Å²) < 4.78 is 0. The molecule has 2 rings (SSSR count). The van der Waals surface area contributed by atoms with Gasteiger partial charge in [-0.05, 0) is 36.9 Å². The topological polar surface area (TPSA) is 39.7 Å². The molecule has 0 aromatic heterocycles. The van der Waals surface area contributed by atoms with E-state index >= 15 is 0 Å². The van der Waals surface area contributed by atoms with Crippen LogP contribution in [0.4, 0.5) is 0 Å². The van der Waals surface area contributed by atoms with E-state index in [1.807, 2.05) is 24.3 Å². The molecule has 1 aromatic rings. The van der Waals surface area contributed by atoms with Crippen LogP contribution in [0.3, 0.4) is 0 Å². The van der Waals surface area contributed by atoms with E-state index in [0.717, 1.165) is 35.6 Å². The molecule has 1 saturated heterocycles. The number of aliphatic imine (C=N–C) groups is 1. The van der Waals surface area contributed by atoms with Crippen molar-refractivity contribution < 1.29 is 0 Å². The molecule has 1 aliphatic rings. The van der Waals surface area contributed by atoms with Crippen molar-refractivity contribution in [3.63, 3.8) is 0 Å². The second-order valence-corrected chi connectivity index (χ2v) is 6.40. The largest absolute Gasteiger partial charge is 0.355 e. The van der Waals surface area contributed by atoms with Crippen LogP contribution in [0.5, 0.6) is 0 Å². The van der Waals surface area contributed by atoms with E-state index in [2.05, 4.69) is 27.4 Å². The quantitative estimate of drug-likeness (QED) is 0.410. The lowest BCUT2D eigenvalue weighted by molar-refractivity contribution is 0.187. The zero-order valence-corrected chi connectivity index (χ0v) is 17.1. The zero-order valence-electron chi connectivity index (χ0n) is 14.0. The minimum Gasteiger partial charge on any atom is -0.355 e. The van der Waals surface area contributed by atoms with E-state index in [1.165, 1.54) is 25.9 Å². The second-order valence-electron chi connectivity index (χ2n) is 5.99. The van der Waals surface area contributed by atoms with Gasteiger partial charge in [0.1, 0.15) is 0 Å².